The largest absolute Gasteiger partial charge is 0.355 e. The Labute approximate surface area is 152 Å². The first kappa shape index (κ1) is 17.7. The minimum atomic E-state index is 0.808. The molecule has 0 unspecified atom stereocenters. The van der Waals surface area contributed by atoms with Crippen LogP contribution in [0.3, 0.4) is 0 Å². The van der Waals surface area contributed by atoms with Crippen molar-refractivity contribution in [3.63, 3.8) is 0 Å². The molecule has 0 aliphatic heterocycles. The van der Waals surface area contributed by atoms with Crippen LogP contribution in [-0.2, 0) is 6.54 Å². The number of benzene rings is 1. The summed E-state index contributed by atoms with van der Waals surface area (Å²) in [7, 11) is 0. The van der Waals surface area contributed by atoms with E-state index in [1.807, 2.05) is 41.2 Å². The molecule has 1 fully saturated rings. The van der Waals surface area contributed by atoms with E-state index in [4.69, 9.17) is 10.9 Å². The molecule has 7 heteroatoms. The van der Waals surface area contributed by atoms with Crippen molar-refractivity contribution >= 4 is 34.4 Å². The Hall–Kier alpha value is -2.09. The normalized spacial score (nSPS) is 13.4. The standard InChI is InChI=1S/C14H15N5S.C4H9N/c1-2-19-14-12(9-17-19)13(7-8-16-14)18-10-3-5-11(20-15)6-4-10;5-3-4-1-2-4/h3-9H,2,15H2,1H3,(H,16,18);4H,1-3,5H2. The molecule has 1 aromatic carbocycles. The van der Waals surface area contributed by atoms with E-state index in [0.717, 1.165) is 46.3 Å². The second kappa shape index (κ2) is 8.33. The number of pyridine rings is 1. The van der Waals surface area contributed by atoms with Crippen LogP contribution in [-0.4, -0.2) is 21.3 Å². The minimum absolute atomic E-state index is 0.808. The Morgan fingerprint density at radius 3 is 2.56 bits per heavy atom. The Balaban J connectivity index is 0.000000314. The summed E-state index contributed by atoms with van der Waals surface area (Å²) in [5, 5.41) is 14.3. The molecule has 2 heterocycles. The molecule has 0 spiro atoms. The number of aromatic nitrogens is 3. The topological polar surface area (TPSA) is 94.8 Å². The Morgan fingerprint density at radius 2 is 2.00 bits per heavy atom. The Morgan fingerprint density at radius 1 is 1.24 bits per heavy atom. The number of nitrogens with two attached hydrogens (primary N) is 2. The molecule has 6 nitrogen and oxygen atoms in total. The van der Waals surface area contributed by atoms with E-state index in [0.29, 0.717) is 0 Å². The summed E-state index contributed by atoms with van der Waals surface area (Å²) in [6.45, 7) is 3.78. The highest BCUT2D eigenvalue weighted by molar-refractivity contribution is 7.97. The molecular formula is C18H24N6S. The SMILES string of the molecule is CCn1ncc2c(Nc3ccc(SN)cc3)ccnc21.NCC1CC1. The lowest BCUT2D eigenvalue weighted by molar-refractivity contribution is 0.677. The van der Waals surface area contributed by atoms with E-state index in [1.165, 1.54) is 24.8 Å². The van der Waals surface area contributed by atoms with Crippen LogP contribution in [0.15, 0.2) is 47.6 Å². The van der Waals surface area contributed by atoms with E-state index < -0.39 is 0 Å². The molecule has 0 bridgehead atoms. The van der Waals surface area contributed by atoms with Gasteiger partial charge in [0.05, 0.1) is 17.3 Å². The third-order valence-corrected chi connectivity index (χ3v) is 4.68. The third kappa shape index (κ3) is 4.50. The monoisotopic (exact) mass is 356 g/mol. The van der Waals surface area contributed by atoms with Gasteiger partial charge in [0.1, 0.15) is 0 Å². The van der Waals surface area contributed by atoms with Gasteiger partial charge in [-0.15, -0.1) is 0 Å². The predicted molar refractivity (Wildman–Crippen MR) is 105 cm³/mol. The quantitative estimate of drug-likeness (QED) is 0.606. The van der Waals surface area contributed by atoms with E-state index in [-0.39, 0.29) is 0 Å². The van der Waals surface area contributed by atoms with Gasteiger partial charge in [-0.3, -0.25) is 5.14 Å². The molecule has 4 rings (SSSR count). The van der Waals surface area contributed by atoms with Gasteiger partial charge in [-0.25, -0.2) is 9.67 Å². The van der Waals surface area contributed by atoms with Gasteiger partial charge in [-0.05, 0) is 74.5 Å². The lowest BCUT2D eigenvalue weighted by Crippen LogP contribution is -1.98. The highest BCUT2D eigenvalue weighted by atomic mass is 32.2. The smallest absolute Gasteiger partial charge is 0.159 e. The minimum Gasteiger partial charge on any atom is -0.355 e. The van der Waals surface area contributed by atoms with Crippen molar-refractivity contribution in [2.24, 2.45) is 16.8 Å². The molecule has 1 saturated carbocycles. The van der Waals surface area contributed by atoms with Crippen molar-refractivity contribution in [3.8, 4) is 0 Å². The van der Waals surface area contributed by atoms with Crippen LogP contribution in [0.1, 0.15) is 19.8 Å². The van der Waals surface area contributed by atoms with Crippen molar-refractivity contribution in [3.05, 3.63) is 42.7 Å². The summed E-state index contributed by atoms with van der Waals surface area (Å²) < 4.78 is 1.88. The summed E-state index contributed by atoms with van der Waals surface area (Å²) in [6.07, 6.45) is 6.41. The van der Waals surface area contributed by atoms with Crippen LogP contribution in [0, 0.1) is 5.92 Å². The number of rotatable bonds is 5. The molecule has 1 aliphatic rings. The number of hydrogen-bond donors (Lipinski definition) is 3. The fraction of sp³-hybridized carbons (Fsp3) is 0.333. The lowest BCUT2D eigenvalue weighted by Gasteiger charge is -2.08. The van der Waals surface area contributed by atoms with E-state index >= 15 is 0 Å². The van der Waals surface area contributed by atoms with E-state index in [2.05, 4.69) is 22.3 Å². The zero-order valence-corrected chi connectivity index (χ0v) is 15.2. The van der Waals surface area contributed by atoms with Gasteiger partial charge in [-0.1, -0.05) is 0 Å². The zero-order valence-electron chi connectivity index (χ0n) is 14.4. The molecule has 2 aromatic heterocycles. The highest BCUT2D eigenvalue weighted by Crippen LogP contribution is 2.26. The molecule has 132 valence electrons. The van der Waals surface area contributed by atoms with Crippen LogP contribution in [0.5, 0.6) is 0 Å². The highest BCUT2D eigenvalue weighted by Gasteiger charge is 2.17. The second-order valence-electron chi connectivity index (χ2n) is 6.00. The second-order valence-corrected chi connectivity index (χ2v) is 6.71. The summed E-state index contributed by atoms with van der Waals surface area (Å²) in [6, 6.07) is 9.94. The molecule has 1 aliphatic carbocycles. The van der Waals surface area contributed by atoms with Gasteiger partial charge >= 0.3 is 0 Å². The van der Waals surface area contributed by atoms with Crippen LogP contribution in [0.25, 0.3) is 11.0 Å². The van der Waals surface area contributed by atoms with Gasteiger partial charge < -0.3 is 11.1 Å². The summed E-state index contributed by atoms with van der Waals surface area (Å²) in [5.74, 6) is 0.912. The molecule has 25 heavy (non-hydrogen) atoms. The van der Waals surface area contributed by atoms with Crippen molar-refractivity contribution in [1.82, 2.24) is 14.8 Å². The van der Waals surface area contributed by atoms with Gasteiger partial charge in [0.25, 0.3) is 0 Å². The van der Waals surface area contributed by atoms with Crippen LogP contribution in [0.4, 0.5) is 11.4 Å². The molecule has 5 N–H and O–H groups in total. The van der Waals surface area contributed by atoms with Crippen molar-refractivity contribution in [2.75, 3.05) is 11.9 Å². The number of fused-ring (bicyclic) bond motifs is 1. The van der Waals surface area contributed by atoms with E-state index in [9.17, 15) is 0 Å². The zero-order chi connectivity index (χ0) is 17.6. The third-order valence-electron chi connectivity index (χ3n) is 4.14. The fourth-order valence-corrected chi connectivity index (χ4v) is 2.74. The maximum Gasteiger partial charge on any atom is 0.159 e. The van der Waals surface area contributed by atoms with Gasteiger partial charge in [0.2, 0.25) is 0 Å². The first-order chi connectivity index (χ1) is 12.2. The summed E-state index contributed by atoms with van der Waals surface area (Å²) in [5.41, 5.74) is 8.14. The molecule has 0 atom stereocenters. The predicted octanol–water partition coefficient (Wildman–Crippen LogP) is 3.52. The first-order valence-electron chi connectivity index (χ1n) is 8.49. The molecule has 0 saturated heterocycles. The van der Waals surface area contributed by atoms with Crippen molar-refractivity contribution in [1.29, 1.82) is 0 Å². The molecule has 0 radical (unpaired) electrons. The summed E-state index contributed by atoms with van der Waals surface area (Å²) in [4.78, 5) is 5.42. The first-order valence-corrected chi connectivity index (χ1v) is 9.37. The summed E-state index contributed by atoms with van der Waals surface area (Å²) >= 11 is 1.24. The van der Waals surface area contributed by atoms with Crippen LogP contribution < -0.4 is 16.2 Å². The number of nitrogens with one attached hydrogen (secondary N) is 1. The maximum atomic E-state index is 5.52. The Kier molecular flexibility index (Phi) is 5.91. The average molecular weight is 356 g/mol. The van der Waals surface area contributed by atoms with Gasteiger partial charge in [0, 0.05) is 23.3 Å². The lowest BCUT2D eigenvalue weighted by atomic mass is 10.2. The van der Waals surface area contributed by atoms with Crippen LogP contribution in [0.2, 0.25) is 0 Å². The molecular weight excluding hydrogens is 332 g/mol. The van der Waals surface area contributed by atoms with Gasteiger partial charge in [0.15, 0.2) is 5.65 Å². The number of hydrogen-bond acceptors (Lipinski definition) is 6. The number of aryl methyl sites for hydroxylation is 1. The molecule has 3 aromatic rings. The van der Waals surface area contributed by atoms with Crippen LogP contribution >= 0.6 is 11.9 Å². The Bertz CT molecular complexity index is 810. The maximum absolute atomic E-state index is 5.52. The van der Waals surface area contributed by atoms with Crippen molar-refractivity contribution in [2.45, 2.75) is 31.2 Å². The van der Waals surface area contributed by atoms with Gasteiger partial charge in [-0.2, -0.15) is 5.10 Å². The fourth-order valence-electron chi connectivity index (χ4n) is 2.44. The molecule has 0 amide bonds. The van der Waals surface area contributed by atoms with E-state index in [1.54, 1.807) is 6.20 Å². The average Bonchev–Trinajstić information content (AvgIpc) is 3.41. The van der Waals surface area contributed by atoms with Crippen molar-refractivity contribution < 1.29 is 0 Å². The number of anilines is 2. The number of nitrogens with zero attached hydrogens (tertiary/aromatic N) is 3.